The first-order valence-electron chi connectivity index (χ1n) is 14.4. The summed E-state index contributed by atoms with van der Waals surface area (Å²) in [4.78, 5) is 0. The maximum Gasteiger partial charge on any atom is 0.166 e. The van der Waals surface area contributed by atoms with Crippen LogP contribution < -0.4 is 0 Å². The van der Waals surface area contributed by atoms with E-state index >= 15 is 0 Å². The van der Waals surface area contributed by atoms with Gasteiger partial charge in [-0.05, 0) is 104 Å². The third-order valence-corrected chi connectivity index (χ3v) is 18.1. The number of halogens is 1. The van der Waals surface area contributed by atoms with E-state index in [1.54, 1.807) is 0 Å². The van der Waals surface area contributed by atoms with Gasteiger partial charge in [0.1, 0.15) is 4.08 Å². The highest BCUT2D eigenvalue weighted by atomic mass is 127. The fraction of sp³-hybridized carbons (Fsp3) is 1.00. The van der Waals surface area contributed by atoms with Crippen molar-refractivity contribution < 1.29 is 8.42 Å². The molecule has 34 heavy (non-hydrogen) atoms. The maximum atomic E-state index is 13.8. The topological polar surface area (TPSA) is 34.1 Å². The van der Waals surface area contributed by atoms with Crippen molar-refractivity contribution >= 4 is 44.2 Å². The van der Waals surface area contributed by atoms with E-state index in [-0.39, 0.29) is 5.41 Å². The van der Waals surface area contributed by atoms with E-state index in [0.717, 1.165) is 48.2 Å². The Kier molecular flexibility index (Phi) is 7.32. The molecule has 5 aliphatic rings. The zero-order valence-corrected chi connectivity index (χ0v) is 26.1. The highest BCUT2D eigenvalue weighted by molar-refractivity contribution is 14.1. The molecule has 4 saturated carbocycles. The Morgan fingerprint density at radius 2 is 1.68 bits per heavy atom. The van der Waals surface area contributed by atoms with E-state index in [2.05, 4.69) is 57.2 Å². The zero-order chi connectivity index (χ0) is 24.5. The van der Waals surface area contributed by atoms with Gasteiger partial charge < -0.3 is 0 Å². The zero-order valence-electron chi connectivity index (χ0n) is 22.3. The number of hydrogen-bond acceptors (Lipinski definition) is 3. The van der Waals surface area contributed by atoms with Crippen molar-refractivity contribution in [1.29, 1.82) is 0 Å². The first kappa shape index (κ1) is 26.6. The van der Waals surface area contributed by atoms with Crippen LogP contribution in [0.4, 0.5) is 0 Å². The van der Waals surface area contributed by atoms with Gasteiger partial charge in [0.2, 0.25) is 0 Å². The summed E-state index contributed by atoms with van der Waals surface area (Å²) < 4.78 is 27.8. The van der Waals surface area contributed by atoms with E-state index in [1.165, 1.54) is 57.8 Å². The third-order valence-electron chi connectivity index (χ3n) is 12.0. The molecule has 0 unspecified atom stereocenters. The van der Waals surface area contributed by atoms with E-state index in [9.17, 15) is 8.42 Å². The van der Waals surface area contributed by atoms with Crippen molar-refractivity contribution in [3.63, 3.8) is 0 Å². The minimum absolute atomic E-state index is 0.220. The number of alkyl halides is 1. The molecule has 1 saturated heterocycles. The minimum atomic E-state index is -3.03. The molecule has 1 spiro atoms. The number of rotatable bonds is 5. The average molecular weight is 621 g/mol. The summed E-state index contributed by atoms with van der Waals surface area (Å²) in [5.74, 6) is 6.19. The van der Waals surface area contributed by atoms with Gasteiger partial charge in [0.05, 0.1) is 5.75 Å². The predicted octanol–water partition coefficient (Wildman–Crippen LogP) is 8.38. The Bertz CT molecular complexity index is 873. The van der Waals surface area contributed by atoms with Crippen molar-refractivity contribution in [3.05, 3.63) is 0 Å². The Hall–Kier alpha value is 1.03. The van der Waals surface area contributed by atoms with Crippen molar-refractivity contribution in [1.82, 2.24) is 0 Å². The van der Waals surface area contributed by atoms with Crippen molar-refractivity contribution in [3.8, 4) is 0 Å². The highest BCUT2D eigenvalue weighted by Crippen LogP contribution is 2.73. The van der Waals surface area contributed by atoms with Gasteiger partial charge in [-0.1, -0.05) is 76.5 Å². The molecule has 5 heteroatoms. The molecule has 0 radical (unpaired) electrons. The molecular formula is C29H49IO2S2. The Morgan fingerprint density at radius 1 is 0.971 bits per heavy atom. The Balaban J connectivity index is 1.45. The molecule has 10 atom stereocenters. The largest absolute Gasteiger partial charge is 0.227 e. The van der Waals surface area contributed by atoms with Crippen molar-refractivity contribution in [2.75, 3.05) is 11.5 Å². The SMILES string of the molecule is CC(C)CCC[C@@H](C)[C@H]1CC[C@H]2[C@@H]3C[C@@]4(SCCS4(=O)=O)[C@H]4C[C@@H](I)CC[C@]4(C)[C@H]3CC[C@]12C. The molecule has 2 nitrogen and oxygen atoms in total. The lowest BCUT2D eigenvalue weighted by atomic mass is 9.44. The first-order chi connectivity index (χ1) is 15.9. The number of thioether (sulfide) groups is 1. The van der Waals surface area contributed by atoms with Gasteiger partial charge in [0.15, 0.2) is 9.84 Å². The molecule has 0 amide bonds. The van der Waals surface area contributed by atoms with Crippen LogP contribution in [0.3, 0.4) is 0 Å². The van der Waals surface area contributed by atoms with E-state index in [1.807, 2.05) is 11.8 Å². The Labute approximate surface area is 228 Å². The monoisotopic (exact) mass is 620 g/mol. The predicted molar refractivity (Wildman–Crippen MR) is 155 cm³/mol. The van der Waals surface area contributed by atoms with Crippen LogP contribution in [-0.4, -0.2) is 27.9 Å². The molecule has 5 fully saturated rings. The van der Waals surface area contributed by atoms with Crippen molar-refractivity contribution in [2.24, 2.45) is 52.3 Å². The van der Waals surface area contributed by atoms with Gasteiger partial charge in [0.25, 0.3) is 0 Å². The van der Waals surface area contributed by atoms with Gasteiger partial charge >= 0.3 is 0 Å². The van der Waals surface area contributed by atoms with Crippen LogP contribution in [-0.2, 0) is 9.84 Å². The molecule has 0 bridgehead atoms. The fourth-order valence-corrected chi connectivity index (χ4v) is 16.4. The molecule has 0 aromatic heterocycles. The molecule has 1 heterocycles. The number of fused-ring (bicyclic) bond motifs is 6. The third kappa shape index (κ3) is 4.00. The molecule has 0 aromatic carbocycles. The molecular weight excluding hydrogens is 571 g/mol. The Morgan fingerprint density at radius 3 is 2.35 bits per heavy atom. The molecule has 1 aliphatic heterocycles. The second-order valence-electron chi connectivity index (χ2n) is 14.0. The summed E-state index contributed by atoms with van der Waals surface area (Å²) in [5, 5.41) is 0. The van der Waals surface area contributed by atoms with Crippen LogP contribution in [0.15, 0.2) is 0 Å². The van der Waals surface area contributed by atoms with Crippen LogP contribution >= 0.6 is 34.4 Å². The number of hydrogen-bond donors (Lipinski definition) is 0. The summed E-state index contributed by atoms with van der Waals surface area (Å²) in [7, 11) is -3.03. The number of sulfone groups is 1. The van der Waals surface area contributed by atoms with Crippen LogP contribution in [0.2, 0.25) is 0 Å². The van der Waals surface area contributed by atoms with Crippen LogP contribution in [0, 0.1) is 52.3 Å². The normalized spacial score (nSPS) is 50.7. The van der Waals surface area contributed by atoms with Crippen molar-refractivity contribution in [2.45, 2.75) is 113 Å². The van der Waals surface area contributed by atoms with E-state index in [4.69, 9.17) is 0 Å². The lowest BCUT2D eigenvalue weighted by Crippen LogP contribution is -2.63. The standard InChI is InChI=1S/C29H49IO2S2/c1-19(2)7-6-8-20(3)23-9-10-24-22-18-29(33-15-16-34(29,31)32)26-17-21(30)11-13-28(26,5)25(22)12-14-27(23,24)4/h19-26H,6-18H2,1-5H3/t20-,21+,22+,23-,24+,25+,26+,27-,28-,29+/m1/s1. The second kappa shape index (κ2) is 9.35. The second-order valence-corrected chi connectivity index (χ2v) is 19.8. The van der Waals surface area contributed by atoms with Gasteiger partial charge in [-0.3, -0.25) is 0 Å². The lowest BCUT2D eigenvalue weighted by Gasteiger charge is -2.65. The van der Waals surface area contributed by atoms with Gasteiger partial charge in [-0.25, -0.2) is 8.42 Å². The summed E-state index contributed by atoms with van der Waals surface area (Å²) in [6.07, 6.45) is 14.2. The first-order valence-corrected chi connectivity index (χ1v) is 18.3. The highest BCUT2D eigenvalue weighted by Gasteiger charge is 2.70. The molecule has 5 rings (SSSR count). The van der Waals surface area contributed by atoms with E-state index in [0.29, 0.717) is 26.9 Å². The average Bonchev–Trinajstić information content (AvgIpc) is 3.25. The van der Waals surface area contributed by atoms with Crippen LogP contribution in [0.1, 0.15) is 105 Å². The fourth-order valence-electron chi connectivity index (χ4n) is 10.4. The van der Waals surface area contributed by atoms with Gasteiger partial charge in [-0.2, -0.15) is 0 Å². The van der Waals surface area contributed by atoms with Crippen LogP contribution in [0.5, 0.6) is 0 Å². The van der Waals surface area contributed by atoms with E-state index < -0.39 is 13.9 Å². The summed E-state index contributed by atoms with van der Waals surface area (Å²) in [6, 6.07) is 0. The molecule has 0 aromatic rings. The quantitative estimate of drug-likeness (QED) is 0.229. The maximum absolute atomic E-state index is 13.8. The summed E-state index contributed by atoms with van der Waals surface area (Å²) in [6.45, 7) is 12.4. The molecule has 196 valence electrons. The summed E-state index contributed by atoms with van der Waals surface area (Å²) >= 11 is 4.51. The van der Waals surface area contributed by atoms with Crippen LogP contribution in [0.25, 0.3) is 0 Å². The molecule has 4 aliphatic carbocycles. The minimum Gasteiger partial charge on any atom is -0.227 e. The molecule has 0 N–H and O–H groups in total. The lowest BCUT2D eigenvalue weighted by molar-refractivity contribution is -0.115. The van der Waals surface area contributed by atoms with Gasteiger partial charge in [0, 0.05) is 9.68 Å². The van der Waals surface area contributed by atoms with Gasteiger partial charge in [-0.15, -0.1) is 11.8 Å². The summed E-state index contributed by atoms with van der Waals surface area (Å²) in [5.41, 5.74) is 0.646. The smallest absolute Gasteiger partial charge is 0.166 e.